The molecule has 6 aromatic carbocycles. The first-order valence-electron chi connectivity index (χ1n) is 23.5. The van der Waals surface area contributed by atoms with Gasteiger partial charge in [-0.2, -0.15) is 0 Å². The van der Waals surface area contributed by atoms with Crippen LogP contribution in [0.2, 0.25) is 10.0 Å². The first kappa shape index (κ1) is 54.0. The number of nitrogens with zero attached hydrogens (tertiary/aromatic N) is 5. The molecule has 0 atom stereocenters. The summed E-state index contributed by atoms with van der Waals surface area (Å²) in [5, 5.41) is 1.66. The van der Waals surface area contributed by atoms with E-state index in [0.29, 0.717) is 60.2 Å². The van der Waals surface area contributed by atoms with Crippen molar-refractivity contribution in [3.63, 3.8) is 0 Å². The van der Waals surface area contributed by atoms with Gasteiger partial charge < -0.3 is 28.7 Å². The van der Waals surface area contributed by atoms with Crippen LogP contribution < -0.4 is 28.0 Å². The van der Waals surface area contributed by atoms with Crippen LogP contribution in [-0.4, -0.2) is 82.2 Å². The number of fused-ring (bicyclic) bond motifs is 4. The summed E-state index contributed by atoms with van der Waals surface area (Å²) in [5.41, 5.74) is 4.63. The minimum Gasteiger partial charge on any atom is -0.497 e. The Kier molecular flexibility index (Phi) is 15.5. The molecule has 16 nitrogen and oxygen atoms in total. The summed E-state index contributed by atoms with van der Waals surface area (Å²) in [7, 11) is -2.83. The summed E-state index contributed by atoms with van der Waals surface area (Å²) < 4.78 is 106. The minimum atomic E-state index is -3.71. The van der Waals surface area contributed by atoms with Gasteiger partial charge in [-0.05, 0) is 96.1 Å². The molecular formula is C55H48Cl2F2N6O10S2. The number of ether oxygens (including phenoxy) is 4. The highest BCUT2D eigenvalue weighted by Crippen LogP contribution is 2.47. The van der Waals surface area contributed by atoms with Crippen molar-refractivity contribution < 1.29 is 54.2 Å². The normalized spacial score (nSPS) is 13.1. The standard InChI is InChI=1S/C28H25ClFN3O5S.C27H23ClFN3O5S/c1-32(39(3,35)36)26-21-5-4-12-31-25(21)27(38-16-17-6-9-20(37-2)10-7-17)24-22(26)15-33(28(24)34)14-18-13-19(29)8-11-23(18)30;1-36-19-8-5-16(6-9-19)15-37-26-23-21(24(31-38(2,34)35)20-4-3-11-30-25(20)26)14-32(27(23)33)13-17-12-18(28)7-10-22(17)29/h4-13H,14-16H2,1-3H3;3-12,31H,13-15H2,1-2H3. The third-order valence-electron chi connectivity index (χ3n) is 12.8. The summed E-state index contributed by atoms with van der Waals surface area (Å²) in [6, 6.07) is 29.6. The van der Waals surface area contributed by atoms with Crippen LogP contribution in [0.25, 0.3) is 21.8 Å². The van der Waals surface area contributed by atoms with Gasteiger partial charge >= 0.3 is 0 Å². The number of amides is 2. The molecular weight excluding hydrogens is 1080 g/mol. The van der Waals surface area contributed by atoms with Crippen LogP contribution in [0, 0.1) is 11.6 Å². The maximum atomic E-state index is 14.6. The Balaban J connectivity index is 0.000000188. The average molecular weight is 1130 g/mol. The maximum Gasteiger partial charge on any atom is 0.258 e. The van der Waals surface area contributed by atoms with Gasteiger partial charge in [0, 0.05) is 88.7 Å². The molecule has 0 aliphatic carbocycles. The lowest BCUT2D eigenvalue weighted by Crippen LogP contribution is -2.26. The number of carbonyl (C=O) groups excluding carboxylic acids is 2. The number of aromatic nitrogens is 2. The number of hydrogen-bond donors (Lipinski definition) is 1. The van der Waals surface area contributed by atoms with Crippen molar-refractivity contribution in [2.75, 3.05) is 42.8 Å². The molecule has 2 aromatic heterocycles. The lowest BCUT2D eigenvalue weighted by molar-refractivity contribution is 0.0754. The molecule has 8 aromatic rings. The molecule has 0 bridgehead atoms. The van der Waals surface area contributed by atoms with E-state index in [1.807, 2.05) is 24.3 Å². The fourth-order valence-electron chi connectivity index (χ4n) is 9.11. The number of carbonyl (C=O) groups is 2. The summed E-state index contributed by atoms with van der Waals surface area (Å²) in [4.78, 5) is 39.4. The number of hydrogen-bond acceptors (Lipinski definition) is 12. The number of nitrogens with one attached hydrogen (secondary N) is 1. The highest BCUT2D eigenvalue weighted by Gasteiger charge is 2.39. The number of pyridine rings is 2. The largest absolute Gasteiger partial charge is 0.497 e. The summed E-state index contributed by atoms with van der Waals surface area (Å²) in [6.07, 6.45) is 5.21. The summed E-state index contributed by atoms with van der Waals surface area (Å²) in [6.45, 7) is 0.182. The number of sulfonamides is 2. The van der Waals surface area contributed by atoms with Crippen LogP contribution >= 0.6 is 23.2 Å². The Bertz CT molecular complexity index is 3860. The van der Waals surface area contributed by atoms with Gasteiger partial charge in [0.2, 0.25) is 20.0 Å². The molecule has 10 rings (SSSR count). The number of halogens is 4. The average Bonchev–Trinajstić information content (AvgIpc) is 3.91. The lowest BCUT2D eigenvalue weighted by Gasteiger charge is -2.23. The molecule has 2 aliphatic heterocycles. The molecule has 2 aliphatic rings. The van der Waals surface area contributed by atoms with Crippen molar-refractivity contribution in [3.05, 3.63) is 188 Å². The number of anilines is 2. The van der Waals surface area contributed by atoms with Gasteiger partial charge in [-0.25, -0.2) is 25.6 Å². The fourth-order valence-corrected chi connectivity index (χ4v) is 10.6. The molecule has 4 heterocycles. The molecule has 22 heteroatoms. The molecule has 0 fully saturated rings. The van der Waals surface area contributed by atoms with Crippen LogP contribution in [0.5, 0.6) is 23.0 Å². The minimum absolute atomic E-state index is 0.0295. The second-order valence-corrected chi connectivity index (χ2v) is 22.7. The zero-order chi connectivity index (χ0) is 54.9. The van der Waals surface area contributed by atoms with Crippen LogP contribution in [0.3, 0.4) is 0 Å². The topological polar surface area (TPSA) is 187 Å². The highest BCUT2D eigenvalue weighted by molar-refractivity contribution is 7.92. The number of methoxy groups -OCH3 is 2. The van der Waals surface area contributed by atoms with Crippen LogP contribution in [0.1, 0.15) is 54.1 Å². The van der Waals surface area contributed by atoms with Crippen LogP contribution in [0.15, 0.2) is 122 Å². The van der Waals surface area contributed by atoms with E-state index in [2.05, 4.69) is 14.7 Å². The first-order chi connectivity index (χ1) is 36.7. The van der Waals surface area contributed by atoms with E-state index in [0.717, 1.165) is 27.9 Å². The first-order valence-corrected chi connectivity index (χ1v) is 28.0. The van der Waals surface area contributed by atoms with E-state index in [-0.39, 0.29) is 78.8 Å². The van der Waals surface area contributed by atoms with Crippen molar-refractivity contribution in [1.29, 1.82) is 0 Å². The van der Waals surface area contributed by atoms with E-state index in [4.69, 9.17) is 42.1 Å². The second kappa shape index (κ2) is 22.1. The Hall–Kier alpha value is -7.78. The van der Waals surface area contributed by atoms with E-state index >= 15 is 0 Å². The van der Waals surface area contributed by atoms with Gasteiger partial charge in [0.05, 0.1) is 49.2 Å². The predicted molar refractivity (Wildman–Crippen MR) is 290 cm³/mol. The van der Waals surface area contributed by atoms with Crippen molar-refractivity contribution in [2.24, 2.45) is 0 Å². The Labute approximate surface area is 452 Å². The lowest BCUT2D eigenvalue weighted by atomic mass is 10.0. The molecule has 0 unspecified atom stereocenters. The van der Waals surface area contributed by atoms with Gasteiger partial charge in [0.25, 0.3) is 11.8 Å². The van der Waals surface area contributed by atoms with E-state index in [1.54, 1.807) is 68.9 Å². The Morgan fingerprint density at radius 1 is 0.636 bits per heavy atom. The zero-order valence-corrected chi connectivity index (χ0v) is 45.1. The van der Waals surface area contributed by atoms with Gasteiger partial charge in [-0.3, -0.25) is 28.6 Å². The maximum absolute atomic E-state index is 14.6. The quantitative estimate of drug-likeness (QED) is 0.0966. The summed E-state index contributed by atoms with van der Waals surface area (Å²) >= 11 is 12.1. The van der Waals surface area contributed by atoms with Crippen molar-refractivity contribution in [2.45, 2.75) is 39.4 Å². The molecule has 1 N–H and O–H groups in total. The zero-order valence-electron chi connectivity index (χ0n) is 41.9. The van der Waals surface area contributed by atoms with E-state index in [1.165, 1.54) is 59.4 Å². The molecule has 0 radical (unpaired) electrons. The smallest absolute Gasteiger partial charge is 0.258 e. The highest BCUT2D eigenvalue weighted by atomic mass is 35.5. The number of benzene rings is 6. The fraction of sp³-hybridized carbons (Fsp3) is 0.200. The van der Waals surface area contributed by atoms with Crippen LogP contribution in [-0.2, 0) is 59.4 Å². The van der Waals surface area contributed by atoms with Gasteiger partial charge in [-0.1, -0.05) is 47.5 Å². The Morgan fingerprint density at radius 2 is 1.08 bits per heavy atom. The van der Waals surface area contributed by atoms with Crippen LogP contribution in [0.4, 0.5) is 20.2 Å². The van der Waals surface area contributed by atoms with E-state index in [9.17, 15) is 35.2 Å². The van der Waals surface area contributed by atoms with Gasteiger partial charge in [-0.15, -0.1) is 0 Å². The van der Waals surface area contributed by atoms with E-state index < -0.39 is 43.5 Å². The molecule has 398 valence electrons. The van der Waals surface area contributed by atoms with Gasteiger partial charge in [0.1, 0.15) is 47.4 Å². The molecule has 0 saturated heterocycles. The third-order valence-corrected chi connectivity index (χ3v) is 15.1. The Morgan fingerprint density at radius 3 is 1.53 bits per heavy atom. The molecule has 0 spiro atoms. The number of rotatable bonds is 16. The second-order valence-electron chi connectivity index (χ2n) is 18.1. The van der Waals surface area contributed by atoms with Gasteiger partial charge in [0.15, 0.2) is 11.5 Å². The monoisotopic (exact) mass is 1120 g/mol. The molecule has 0 saturated carbocycles. The third kappa shape index (κ3) is 11.5. The predicted octanol–water partition coefficient (Wildman–Crippen LogP) is 10.3. The molecule has 77 heavy (non-hydrogen) atoms. The SMILES string of the molecule is COc1ccc(COc2c3c(c(N(C)S(C)(=O)=O)c4cccnc24)CN(Cc2cc(Cl)ccc2F)C3=O)cc1.COc1ccc(COc2c3c(c(NS(C)(=O)=O)c4cccnc24)CN(Cc2cc(Cl)ccc2F)C3=O)cc1. The summed E-state index contributed by atoms with van der Waals surface area (Å²) in [5.74, 6) is -0.0189. The van der Waals surface area contributed by atoms with Crippen molar-refractivity contribution >= 4 is 88.2 Å². The van der Waals surface area contributed by atoms with Crippen molar-refractivity contribution in [3.8, 4) is 23.0 Å². The molecule has 2 amide bonds. The van der Waals surface area contributed by atoms with Crippen molar-refractivity contribution in [1.82, 2.24) is 19.8 Å².